The minimum absolute atomic E-state index is 0.206. The highest BCUT2D eigenvalue weighted by atomic mass is 79.9. The highest BCUT2D eigenvalue weighted by Gasteiger charge is 2.13. The first-order valence-electron chi connectivity index (χ1n) is 5.17. The van der Waals surface area contributed by atoms with Crippen molar-refractivity contribution in [1.29, 1.82) is 0 Å². The highest BCUT2D eigenvalue weighted by molar-refractivity contribution is 9.10. The van der Waals surface area contributed by atoms with Crippen molar-refractivity contribution < 1.29 is 14.3 Å². The Hall–Kier alpha value is -1.82. The number of nitrogens with zero attached hydrogens (tertiary/aromatic N) is 1. The summed E-state index contributed by atoms with van der Waals surface area (Å²) in [6, 6.07) is 6.36. The summed E-state index contributed by atoms with van der Waals surface area (Å²) in [6.45, 7) is 1.95. The molecule has 0 spiro atoms. The number of rotatable bonds is 3. The summed E-state index contributed by atoms with van der Waals surface area (Å²) in [5.41, 5.74) is -0.0984. The molecule has 94 valence electrons. The molecule has 0 aliphatic rings. The fourth-order valence-corrected chi connectivity index (χ4v) is 1.96. The molecule has 2 rings (SSSR count). The van der Waals surface area contributed by atoms with Gasteiger partial charge in [-0.25, -0.2) is 4.79 Å². The molecular weight excluding hydrogens is 302 g/mol. The second-order valence-electron chi connectivity index (χ2n) is 3.79. The fourth-order valence-electron chi connectivity index (χ4n) is 1.62. The average molecular weight is 312 g/mol. The number of aromatic nitrogens is 1. The molecule has 0 aliphatic carbocycles. The van der Waals surface area contributed by atoms with E-state index < -0.39 is 11.5 Å². The first-order valence-corrected chi connectivity index (χ1v) is 5.96. The lowest BCUT2D eigenvalue weighted by Gasteiger charge is -2.08. The largest absolute Gasteiger partial charge is 0.477 e. The van der Waals surface area contributed by atoms with Gasteiger partial charge in [-0.05, 0) is 47.1 Å². The van der Waals surface area contributed by atoms with Crippen LogP contribution in [0.15, 0.2) is 38.1 Å². The summed E-state index contributed by atoms with van der Waals surface area (Å²) >= 11 is 3.17. The molecule has 5 nitrogen and oxygen atoms in total. The van der Waals surface area contributed by atoms with Crippen LogP contribution in [0.2, 0.25) is 0 Å². The van der Waals surface area contributed by atoms with Crippen LogP contribution in [0.25, 0.3) is 0 Å². The van der Waals surface area contributed by atoms with Crippen LogP contribution in [0.3, 0.4) is 0 Å². The van der Waals surface area contributed by atoms with Gasteiger partial charge in [-0.3, -0.25) is 4.79 Å². The number of hydrogen-bond acceptors (Lipinski definition) is 3. The molecular formula is C12H10BrNO4. The van der Waals surface area contributed by atoms with Gasteiger partial charge in [-0.1, -0.05) is 0 Å². The molecule has 2 aromatic rings. The van der Waals surface area contributed by atoms with Crippen molar-refractivity contribution in [3.8, 4) is 0 Å². The molecule has 0 fully saturated rings. The van der Waals surface area contributed by atoms with Gasteiger partial charge in [0.15, 0.2) is 4.67 Å². The summed E-state index contributed by atoms with van der Waals surface area (Å²) in [7, 11) is 0. The molecule has 0 bridgehead atoms. The molecule has 1 N–H and O–H groups in total. The number of carboxylic acids is 1. The van der Waals surface area contributed by atoms with Gasteiger partial charge in [0.05, 0.1) is 6.54 Å². The number of carbonyl (C=O) groups is 1. The standard InChI is InChI=1S/C12H10BrNO4/c1-7-2-4-9(12(16)17)11(15)14(7)6-8-3-5-10(13)18-8/h2-5H,6H2,1H3,(H,16,17). The van der Waals surface area contributed by atoms with Crippen LogP contribution < -0.4 is 5.56 Å². The van der Waals surface area contributed by atoms with Crippen molar-refractivity contribution in [1.82, 2.24) is 4.57 Å². The summed E-state index contributed by atoms with van der Waals surface area (Å²) in [6.07, 6.45) is 0. The third-order valence-corrected chi connectivity index (χ3v) is 2.99. The van der Waals surface area contributed by atoms with E-state index in [2.05, 4.69) is 15.9 Å². The van der Waals surface area contributed by atoms with Crippen molar-refractivity contribution in [2.45, 2.75) is 13.5 Å². The number of pyridine rings is 1. The Kier molecular flexibility index (Phi) is 3.38. The predicted molar refractivity (Wildman–Crippen MR) is 67.9 cm³/mol. The Labute approximate surface area is 111 Å². The monoisotopic (exact) mass is 311 g/mol. The normalized spacial score (nSPS) is 10.6. The van der Waals surface area contributed by atoms with E-state index in [1.54, 1.807) is 25.1 Å². The second-order valence-corrected chi connectivity index (χ2v) is 4.57. The van der Waals surface area contributed by atoms with Crippen molar-refractivity contribution in [3.05, 3.63) is 56.3 Å². The van der Waals surface area contributed by atoms with Crippen molar-refractivity contribution >= 4 is 21.9 Å². The quantitative estimate of drug-likeness (QED) is 0.943. The Bertz CT molecular complexity index is 656. The van der Waals surface area contributed by atoms with Crippen LogP contribution in [-0.2, 0) is 6.54 Å². The SMILES string of the molecule is Cc1ccc(C(=O)O)c(=O)n1Cc1ccc(Br)o1. The van der Waals surface area contributed by atoms with E-state index >= 15 is 0 Å². The lowest BCUT2D eigenvalue weighted by atomic mass is 10.2. The summed E-state index contributed by atoms with van der Waals surface area (Å²) in [5.74, 6) is -0.649. The number of aromatic carboxylic acids is 1. The summed E-state index contributed by atoms with van der Waals surface area (Å²) in [5, 5.41) is 8.91. The predicted octanol–water partition coefficient (Wildman–Crippen LogP) is 2.26. The zero-order valence-corrected chi connectivity index (χ0v) is 11.1. The van der Waals surface area contributed by atoms with Gasteiger partial charge in [0, 0.05) is 5.69 Å². The molecule has 0 atom stereocenters. The van der Waals surface area contributed by atoms with Gasteiger partial charge in [0.25, 0.3) is 5.56 Å². The van der Waals surface area contributed by atoms with E-state index in [1.165, 1.54) is 10.6 Å². The molecule has 0 amide bonds. The molecule has 0 aliphatic heterocycles. The van der Waals surface area contributed by atoms with Crippen molar-refractivity contribution in [2.75, 3.05) is 0 Å². The zero-order valence-electron chi connectivity index (χ0n) is 9.51. The van der Waals surface area contributed by atoms with E-state index in [4.69, 9.17) is 9.52 Å². The Morgan fingerprint density at radius 2 is 2.11 bits per heavy atom. The van der Waals surface area contributed by atoms with Gasteiger partial charge in [0.2, 0.25) is 0 Å². The van der Waals surface area contributed by atoms with Crippen molar-refractivity contribution in [2.24, 2.45) is 0 Å². The zero-order chi connectivity index (χ0) is 13.3. The van der Waals surface area contributed by atoms with Gasteiger partial charge >= 0.3 is 5.97 Å². The van der Waals surface area contributed by atoms with E-state index in [1.807, 2.05) is 0 Å². The van der Waals surface area contributed by atoms with E-state index in [-0.39, 0.29) is 12.1 Å². The molecule has 2 aromatic heterocycles. The van der Waals surface area contributed by atoms with Crippen LogP contribution in [0, 0.1) is 6.92 Å². The second kappa shape index (κ2) is 4.81. The number of halogens is 1. The topological polar surface area (TPSA) is 72.4 Å². The summed E-state index contributed by atoms with van der Waals surface area (Å²) < 4.78 is 7.24. The molecule has 18 heavy (non-hydrogen) atoms. The van der Waals surface area contributed by atoms with E-state index in [0.717, 1.165) is 0 Å². The third-order valence-electron chi connectivity index (χ3n) is 2.57. The van der Waals surface area contributed by atoms with E-state index in [0.29, 0.717) is 16.1 Å². The van der Waals surface area contributed by atoms with Gasteiger partial charge in [-0.2, -0.15) is 0 Å². The lowest BCUT2D eigenvalue weighted by Crippen LogP contribution is -2.28. The maximum atomic E-state index is 12.0. The first-order chi connectivity index (χ1) is 8.49. The first kappa shape index (κ1) is 12.6. The molecule has 2 heterocycles. The highest BCUT2D eigenvalue weighted by Crippen LogP contribution is 2.15. The van der Waals surface area contributed by atoms with Crippen LogP contribution in [0.1, 0.15) is 21.8 Å². The Morgan fingerprint density at radius 1 is 1.39 bits per heavy atom. The molecule has 0 saturated heterocycles. The average Bonchev–Trinajstić information content (AvgIpc) is 2.69. The molecule has 0 aromatic carbocycles. The van der Waals surface area contributed by atoms with Gasteiger partial charge in [-0.15, -0.1) is 0 Å². The van der Waals surface area contributed by atoms with Gasteiger partial charge < -0.3 is 14.1 Å². The number of carboxylic acid groups (broad SMARTS) is 1. The molecule has 0 unspecified atom stereocenters. The number of aryl methyl sites for hydroxylation is 1. The van der Waals surface area contributed by atoms with Crippen LogP contribution in [0.5, 0.6) is 0 Å². The maximum absolute atomic E-state index is 12.0. The minimum atomic E-state index is -1.23. The smallest absolute Gasteiger partial charge is 0.341 e. The van der Waals surface area contributed by atoms with Gasteiger partial charge in [0.1, 0.15) is 11.3 Å². The number of hydrogen-bond donors (Lipinski definition) is 1. The summed E-state index contributed by atoms with van der Waals surface area (Å²) in [4.78, 5) is 22.9. The lowest BCUT2D eigenvalue weighted by molar-refractivity contribution is 0.0694. The minimum Gasteiger partial charge on any atom is -0.477 e. The van der Waals surface area contributed by atoms with Crippen molar-refractivity contribution in [3.63, 3.8) is 0 Å². The fraction of sp³-hybridized carbons (Fsp3) is 0.167. The Balaban J connectivity index is 2.47. The molecule has 6 heteroatoms. The number of furan rings is 1. The van der Waals surface area contributed by atoms with Crippen LogP contribution in [-0.4, -0.2) is 15.6 Å². The van der Waals surface area contributed by atoms with Crippen LogP contribution in [0.4, 0.5) is 0 Å². The van der Waals surface area contributed by atoms with Crippen LogP contribution >= 0.6 is 15.9 Å². The Morgan fingerprint density at radius 3 is 2.67 bits per heavy atom. The molecule has 0 saturated carbocycles. The van der Waals surface area contributed by atoms with E-state index in [9.17, 15) is 9.59 Å². The molecule has 0 radical (unpaired) electrons. The third kappa shape index (κ3) is 2.38. The maximum Gasteiger partial charge on any atom is 0.341 e.